The minimum Gasteiger partial charge on any atom is -0.393 e. The van der Waals surface area contributed by atoms with E-state index in [-0.39, 0.29) is 151 Å². The van der Waals surface area contributed by atoms with Crippen LogP contribution in [0.15, 0.2) is 49.1 Å². The van der Waals surface area contributed by atoms with Crippen LogP contribution in [0.4, 0.5) is 40.8 Å². The summed E-state index contributed by atoms with van der Waals surface area (Å²) in [6, 6.07) is 7.55. The van der Waals surface area contributed by atoms with E-state index in [2.05, 4.69) is 117 Å². The van der Waals surface area contributed by atoms with Crippen LogP contribution >= 0.6 is 45.3 Å². The molecule has 8 aromatic heterocycles. The number of aliphatic hydroxyl groups excluding tert-OH is 4. The molecule has 33 nitrogen and oxygen atoms in total. The normalized spacial score (nSPS) is 24.6. The maximum Gasteiger partial charge on any atom is 0.280 e. The predicted octanol–water partition coefficient (Wildman–Crippen LogP) is 16.1. The fraction of sp³-hybridized carbons (Fsp3) is 0.618. The van der Waals surface area contributed by atoms with Crippen LogP contribution in [0.5, 0.6) is 0 Å². The first-order valence-corrected chi connectivity index (χ1v) is 53.8. The van der Waals surface area contributed by atoms with Gasteiger partial charge in [-0.25, -0.2) is 57.4 Å². The quantitative estimate of drug-likeness (QED) is 0.0224. The summed E-state index contributed by atoms with van der Waals surface area (Å²) in [6.07, 6.45) is 19.4. The van der Waals surface area contributed by atoms with Gasteiger partial charge < -0.3 is 87.1 Å². The number of alkyl halides is 4. The molecule has 0 radical (unpaired) electrons. The highest BCUT2D eigenvalue weighted by molar-refractivity contribution is 7.18. The van der Waals surface area contributed by atoms with Crippen LogP contribution in [0.25, 0.3) is 41.8 Å². The SMILES string of the molecule is CC[C@@H](C)Nc1cc(C)c(-c2sc(C(=O)N[C@H]3CC[C@H](O)C3)nc2C(=O)N2CC(F)(F)C[C@@H]2C)cn1.C[C@H]1CCCN1C(O)c1nc(C(=O)NC2CCOCC2)sc1-c1cnc(NC(C)(C)C)cc1C(F)F.Cc1cc(NC(C)(C)C)ncc1-c1sc(C(=O)N[C@H]2CC[C@H](O)C2)nc1C(=O)N1C2CCC1CC2.Cc1cc(N[C@H](C)C2CC2)ncc1-c1sc(C(=O)N[C@H]2COC[C@@H]2O)nc1C(=O)N1C2CCC1CC2. The molecule has 1 unspecified atom stereocenters. The van der Waals surface area contributed by atoms with Gasteiger partial charge in [0.1, 0.15) is 46.0 Å². The smallest absolute Gasteiger partial charge is 0.280 e. The number of likely N-dealkylation sites (tertiary alicyclic amines) is 2. The van der Waals surface area contributed by atoms with Gasteiger partial charge in [-0.2, -0.15) is 0 Å². The number of nitrogens with zero attached hydrogens (tertiary/aromatic N) is 12. The lowest BCUT2D eigenvalue weighted by Crippen LogP contribution is -2.42. The molecular formula is C102H136F4N20O13S4. The molecule has 11 fully saturated rings. The number of hydrogen-bond acceptors (Lipinski definition) is 30. The maximum atomic E-state index is 14.3. The van der Waals surface area contributed by atoms with E-state index < -0.39 is 73.6 Å². The second kappa shape index (κ2) is 44.8. The van der Waals surface area contributed by atoms with Gasteiger partial charge in [0.2, 0.25) is 0 Å². The second-order valence-corrected chi connectivity index (χ2v) is 46.5. The third-order valence-electron chi connectivity index (χ3n) is 28.8. The first-order valence-electron chi connectivity index (χ1n) is 50.5. The number of hydrogen-bond donors (Lipinski definition) is 12. The molecule has 143 heavy (non-hydrogen) atoms. The number of nitrogens with one attached hydrogen (secondary N) is 8. The average molecular weight is 2050 g/mol. The second-order valence-electron chi connectivity index (χ2n) is 42.5. The van der Waals surface area contributed by atoms with Crippen molar-refractivity contribution in [1.29, 1.82) is 0 Å². The molecule has 774 valence electrons. The monoisotopic (exact) mass is 2050 g/mol. The topological polar surface area (TPSA) is 431 Å². The average Bonchev–Trinajstić information content (AvgIpc) is 1.63. The number of carbonyl (C=O) groups is 7. The molecule has 3 aliphatic carbocycles. The van der Waals surface area contributed by atoms with Gasteiger partial charge in [-0.1, -0.05) is 6.92 Å². The molecular weight excluding hydrogens is 1920 g/mol. The fourth-order valence-corrected chi connectivity index (χ4v) is 25.1. The molecule has 12 N–H and O–H groups in total. The minimum absolute atomic E-state index is 0.0197. The highest BCUT2D eigenvalue weighted by atomic mass is 32.1. The van der Waals surface area contributed by atoms with Crippen molar-refractivity contribution >= 4 is 110 Å². The van der Waals surface area contributed by atoms with Gasteiger partial charge >= 0.3 is 0 Å². The van der Waals surface area contributed by atoms with Crippen molar-refractivity contribution in [2.24, 2.45) is 5.92 Å². The van der Waals surface area contributed by atoms with Crippen molar-refractivity contribution in [2.75, 3.05) is 60.8 Å². The van der Waals surface area contributed by atoms with E-state index in [4.69, 9.17) is 9.47 Å². The van der Waals surface area contributed by atoms with Gasteiger partial charge in [0.05, 0.1) is 63.6 Å². The third kappa shape index (κ3) is 25.3. The molecule has 3 saturated carbocycles. The zero-order chi connectivity index (χ0) is 102. The van der Waals surface area contributed by atoms with Crippen LogP contribution in [-0.2, 0) is 9.47 Å². The number of aliphatic hydroxyl groups is 4. The van der Waals surface area contributed by atoms with Crippen LogP contribution in [0.1, 0.15) is 329 Å². The summed E-state index contributed by atoms with van der Waals surface area (Å²) in [5.74, 6) is -1.95. The standard InChI is InChI=1S/C26H33N5O4S.C26H35N5O3S.C25H35F2N5O3S.C25H33F2N5O3S/c1-13-9-21(28-14(2)15-3-4-15)27-10-18(13)23-22(26(34)31-16-5-6-17(31)8-7-16)30-25(36-23)24(33)29-19-11-35-12-20(19)32;1-14-11-20(30-26(2,3)4)27-13-19(14)22-21(25(34)31-16-6-7-17(31)9-8-16)29-24(35-22)23(33)28-15-5-10-18(32)12-15;1-14-6-5-9-32(14)24(34)19-20(36-23(30-19)22(33)29-15-7-10-35-11-8-15)17-13-28-18(31-25(2,3)4)12-16(17)21(26)27;1-5-14(3)29-19-8-13(2)18(11-28-19)21-20(24(35)32-12-25(26,27)10-15(32)4)31-23(36-21)22(34)30-16-6-7-17(33)9-16/h9-10,14-17,19-20,32H,3-8,11-12H2,1-2H3,(H,27,28)(H,29,33);11,13,15-18,32H,5-10,12H2,1-4H3,(H,27,30)(H,28,33);12-15,21,24,34H,5-11H2,1-4H3,(H,28,31)(H,29,33);8,11,14-17,33H,5-7,9-10,12H2,1-4H3,(H,28,29)(H,30,34)/t14-,16?,17?,19+,20+;15-,16?,17?,18-;14-,24?;14-,15+,16+,17+/m1001/s1. The van der Waals surface area contributed by atoms with Crippen molar-refractivity contribution in [1.82, 2.24) is 80.7 Å². The zero-order valence-electron chi connectivity index (χ0n) is 83.8. The maximum absolute atomic E-state index is 14.3. The predicted molar refractivity (Wildman–Crippen MR) is 543 cm³/mol. The van der Waals surface area contributed by atoms with Gasteiger partial charge in [0.25, 0.3) is 53.7 Å². The van der Waals surface area contributed by atoms with Crippen molar-refractivity contribution in [3.63, 3.8) is 0 Å². The van der Waals surface area contributed by atoms with Gasteiger partial charge in [0.15, 0.2) is 26.3 Å². The first kappa shape index (κ1) is 106. The van der Waals surface area contributed by atoms with Crippen molar-refractivity contribution in [2.45, 2.75) is 359 Å². The number of amides is 7. The summed E-state index contributed by atoms with van der Waals surface area (Å²) in [5.41, 5.74) is 5.37. The van der Waals surface area contributed by atoms with Gasteiger partial charge in [-0.3, -0.25) is 38.5 Å². The lowest BCUT2D eigenvalue weighted by atomic mass is 10.0. The molecule has 4 bridgehead atoms. The van der Waals surface area contributed by atoms with Crippen molar-refractivity contribution in [3.05, 3.63) is 114 Å². The van der Waals surface area contributed by atoms with Gasteiger partial charge in [-0.15, -0.1) is 45.3 Å². The molecule has 11 aliphatic rings. The van der Waals surface area contributed by atoms with E-state index in [1.165, 1.54) is 47.8 Å². The van der Waals surface area contributed by atoms with Crippen LogP contribution in [-0.4, -0.2) is 269 Å². The van der Waals surface area contributed by atoms with Crippen molar-refractivity contribution in [3.8, 4) is 41.8 Å². The number of pyridine rings is 4. The highest BCUT2D eigenvalue weighted by Gasteiger charge is 2.50. The summed E-state index contributed by atoms with van der Waals surface area (Å²) < 4.78 is 67.3. The Hall–Kier alpha value is -9.95. The van der Waals surface area contributed by atoms with Gasteiger partial charge in [0, 0.05) is 156 Å². The Labute approximate surface area is 847 Å². The molecule has 7 amide bonds. The number of aryl methyl sites for hydroxylation is 3. The Bertz CT molecular complexity index is 5900. The molecule has 0 spiro atoms. The molecule has 11 atom stereocenters. The van der Waals surface area contributed by atoms with Gasteiger partial charge in [-0.05, 0) is 272 Å². The van der Waals surface area contributed by atoms with Crippen LogP contribution < -0.4 is 42.5 Å². The number of aromatic nitrogens is 8. The summed E-state index contributed by atoms with van der Waals surface area (Å²) >= 11 is 4.53. The lowest BCUT2D eigenvalue weighted by molar-refractivity contribution is -0.00525. The number of thiazole rings is 4. The number of rotatable bonds is 26. The zero-order valence-corrected chi connectivity index (χ0v) is 87.1. The first-order chi connectivity index (χ1) is 68.0. The molecule has 16 heterocycles. The van der Waals surface area contributed by atoms with E-state index in [1.807, 2.05) is 88.3 Å². The Balaban J connectivity index is 0.000000137. The largest absolute Gasteiger partial charge is 0.393 e. The summed E-state index contributed by atoms with van der Waals surface area (Å²) in [6.45, 7) is 29.4. The Morgan fingerprint density at radius 3 is 1.34 bits per heavy atom. The lowest BCUT2D eigenvalue weighted by Gasteiger charge is -2.27. The number of anilines is 4. The number of ether oxygens (including phenoxy) is 2. The molecule has 8 aromatic rings. The van der Waals surface area contributed by atoms with Crippen molar-refractivity contribution < 1.29 is 81.0 Å². The Morgan fingerprint density at radius 1 is 0.503 bits per heavy atom. The third-order valence-corrected chi connectivity index (χ3v) is 33.2. The fourth-order valence-electron chi connectivity index (χ4n) is 20.9. The van der Waals surface area contributed by atoms with E-state index >= 15 is 0 Å². The summed E-state index contributed by atoms with van der Waals surface area (Å²) in [7, 11) is 0. The number of fused-ring (bicyclic) bond motifs is 4. The Kier molecular flexibility index (Phi) is 33.1. The number of carbonyl (C=O) groups excluding carboxylic acids is 7. The van der Waals surface area contributed by atoms with E-state index in [0.717, 1.165) is 144 Å². The summed E-state index contributed by atoms with van der Waals surface area (Å²) in [5, 5.41) is 66.6. The highest BCUT2D eigenvalue weighted by Crippen LogP contribution is 2.48. The van der Waals surface area contributed by atoms with Crippen LogP contribution in [0, 0.1) is 26.7 Å². The Morgan fingerprint density at radius 2 is 0.930 bits per heavy atom. The molecule has 0 aromatic carbocycles. The van der Waals surface area contributed by atoms with Crippen LogP contribution in [0.3, 0.4) is 0 Å². The molecule has 8 aliphatic heterocycles. The van der Waals surface area contributed by atoms with Crippen LogP contribution in [0.2, 0.25) is 0 Å². The minimum atomic E-state index is -2.96. The summed E-state index contributed by atoms with van der Waals surface area (Å²) in [4.78, 5) is 139. The molecule has 8 saturated heterocycles. The van der Waals surface area contributed by atoms with E-state index in [1.54, 1.807) is 25.5 Å². The van der Waals surface area contributed by atoms with E-state index in [9.17, 15) is 71.5 Å². The van der Waals surface area contributed by atoms with E-state index in [0.29, 0.717) is 125 Å². The molecule has 19 rings (SSSR count). The number of halogens is 4. The molecule has 41 heteroatoms.